The van der Waals surface area contributed by atoms with Crippen molar-refractivity contribution < 1.29 is 29.2 Å². The van der Waals surface area contributed by atoms with Crippen LogP contribution in [0.5, 0.6) is 0 Å². The van der Waals surface area contributed by atoms with Gasteiger partial charge in [0.1, 0.15) is 24.4 Å². The molecule has 2 fully saturated rings. The minimum atomic E-state index is -1.02. The van der Waals surface area contributed by atoms with E-state index in [4.69, 9.17) is 42.1 Å². The fourth-order valence-electron chi connectivity index (χ4n) is 3.39. The van der Waals surface area contributed by atoms with Gasteiger partial charge in [0.25, 0.3) is 0 Å². The van der Waals surface area contributed by atoms with Gasteiger partial charge >= 0.3 is 0 Å². The predicted octanol–water partition coefficient (Wildman–Crippen LogP) is 3.24. The van der Waals surface area contributed by atoms with E-state index in [9.17, 15) is 10.2 Å². The standard InChI is InChI=1S/C20H20Cl2O6/c21-13-5-1-3-11(7-13)19-25-10-16-17(24)18(15(9-23)26-19)28-20(27-16)12-4-2-6-14(22)8-12/h1-8,15-20,23-24H,9-10H2/t15-,16+,17+,18+,19?,20?/m0/s1. The van der Waals surface area contributed by atoms with Crippen LogP contribution in [0.25, 0.3) is 0 Å². The summed E-state index contributed by atoms with van der Waals surface area (Å²) in [7, 11) is 0. The van der Waals surface area contributed by atoms with Crippen molar-refractivity contribution in [3.8, 4) is 0 Å². The number of hydrogen-bond donors (Lipinski definition) is 2. The maximum atomic E-state index is 10.6. The molecular weight excluding hydrogens is 407 g/mol. The molecular formula is C20H20Cl2O6. The molecule has 2 unspecified atom stereocenters. The summed E-state index contributed by atoms with van der Waals surface area (Å²) < 4.78 is 23.7. The number of aliphatic hydroxyl groups is 2. The lowest BCUT2D eigenvalue weighted by Crippen LogP contribution is -2.57. The molecule has 0 saturated carbocycles. The Morgan fingerprint density at radius 2 is 1.54 bits per heavy atom. The first-order valence-electron chi connectivity index (χ1n) is 8.93. The van der Waals surface area contributed by atoms with Gasteiger partial charge in [-0.2, -0.15) is 0 Å². The predicted molar refractivity (Wildman–Crippen MR) is 102 cm³/mol. The summed E-state index contributed by atoms with van der Waals surface area (Å²) in [5.74, 6) is 0. The smallest absolute Gasteiger partial charge is 0.185 e. The molecule has 2 aliphatic rings. The first kappa shape index (κ1) is 20.1. The van der Waals surface area contributed by atoms with Gasteiger partial charge in [-0.25, -0.2) is 0 Å². The average molecular weight is 427 g/mol. The molecule has 2 bridgehead atoms. The molecule has 2 aromatic rings. The van der Waals surface area contributed by atoms with Gasteiger partial charge in [0.2, 0.25) is 0 Å². The average Bonchev–Trinajstić information content (AvgIpc) is 2.69. The van der Waals surface area contributed by atoms with Crippen LogP contribution < -0.4 is 0 Å². The van der Waals surface area contributed by atoms with E-state index in [1.165, 1.54) is 0 Å². The second kappa shape index (κ2) is 8.65. The van der Waals surface area contributed by atoms with Gasteiger partial charge in [0, 0.05) is 21.2 Å². The van der Waals surface area contributed by atoms with Crippen LogP contribution >= 0.6 is 23.2 Å². The third-order valence-electron chi connectivity index (χ3n) is 4.79. The Kier molecular flexibility index (Phi) is 6.20. The van der Waals surface area contributed by atoms with Crippen LogP contribution in [0.4, 0.5) is 0 Å². The van der Waals surface area contributed by atoms with E-state index in [0.29, 0.717) is 21.2 Å². The molecule has 0 spiro atoms. The topological polar surface area (TPSA) is 77.4 Å². The highest BCUT2D eigenvalue weighted by Gasteiger charge is 2.46. The molecule has 8 heteroatoms. The first-order chi connectivity index (χ1) is 13.5. The lowest BCUT2D eigenvalue weighted by molar-refractivity contribution is -0.352. The summed E-state index contributed by atoms with van der Waals surface area (Å²) in [6.07, 6.45) is -4.86. The van der Waals surface area contributed by atoms with Gasteiger partial charge in [-0.1, -0.05) is 47.5 Å². The van der Waals surface area contributed by atoms with Crippen molar-refractivity contribution >= 4 is 23.2 Å². The monoisotopic (exact) mass is 426 g/mol. The Bertz CT molecular complexity index is 773. The van der Waals surface area contributed by atoms with E-state index in [-0.39, 0.29) is 13.2 Å². The number of aliphatic hydroxyl groups excluding tert-OH is 2. The van der Waals surface area contributed by atoms with E-state index >= 15 is 0 Å². The van der Waals surface area contributed by atoms with Gasteiger partial charge in [-0.3, -0.25) is 0 Å². The van der Waals surface area contributed by atoms with Gasteiger partial charge in [0.05, 0.1) is 13.2 Å². The molecule has 2 aromatic carbocycles. The van der Waals surface area contributed by atoms with E-state index < -0.39 is 37.0 Å². The van der Waals surface area contributed by atoms with Gasteiger partial charge in [-0.15, -0.1) is 0 Å². The number of rotatable bonds is 3. The van der Waals surface area contributed by atoms with E-state index in [0.717, 1.165) is 0 Å². The van der Waals surface area contributed by atoms with Crippen LogP contribution in [0.15, 0.2) is 48.5 Å². The summed E-state index contributed by atoms with van der Waals surface area (Å²) in [4.78, 5) is 0. The molecule has 28 heavy (non-hydrogen) atoms. The maximum Gasteiger partial charge on any atom is 0.185 e. The Hall–Kier alpha value is -1.22. The van der Waals surface area contributed by atoms with Gasteiger partial charge < -0.3 is 29.2 Å². The molecule has 6 nitrogen and oxygen atoms in total. The maximum absolute atomic E-state index is 10.6. The quantitative estimate of drug-likeness (QED) is 0.784. The molecule has 0 aromatic heterocycles. The van der Waals surface area contributed by atoms with Gasteiger partial charge in [-0.05, 0) is 24.3 Å². The van der Waals surface area contributed by atoms with Crippen molar-refractivity contribution in [1.29, 1.82) is 0 Å². The van der Waals surface area contributed by atoms with Crippen molar-refractivity contribution in [3.05, 3.63) is 69.7 Å². The normalized spacial score (nSPS) is 33.1. The fourth-order valence-corrected chi connectivity index (χ4v) is 3.79. The van der Waals surface area contributed by atoms with Crippen molar-refractivity contribution in [2.24, 2.45) is 0 Å². The summed E-state index contributed by atoms with van der Waals surface area (Å²) >= 11 is 12.1. The van der Waals surface area contributed by atoms with Crippen LogP contribution in [-0.2, 0) is 18.9 Å². The van der Waals surface area contributed by atoms with E-state index in [1.54, 1.807) is 36.4 Å². The van der Waals surface area contributed by atoms with Crippen LogP contribution in [0.2, 0.25) is 10.0 Å². The number of fused-ring (bicyclic) bond motifs is 2. The molecule has 150 valence electrons. The first-order valence-corrected chi connectivity index (χ1v) is 9.68. The highest BCUT2D eigenvalue weighted by Crippen LogP contribution is 2.37. The van der Waals surface area contributed by atoms with Crippen molar-refractivity contribution in [1.82, 2.24) is 0 Å². The second-order valence-electron chi connectivity index (χ2n) is 6.73. The summed E-state index contributed by atoms with van der Waals surface area (Å²) in [5, 5.41) is 21.6. The zero-order valence-corrected chi connectivity index (χ0v) is 16.3. The van der Waals surface area contributed by atoms with Crippen LogP contribution in [-0.4, -0.2) is 47.8 Å². The minimum absolute atomic E-state index is 0.0768. The van der Waals surface area contributed by atoms with Crippen LogP contribution in [0.3, 0.4) is 0 Å². The Balaban J connectivity index is 1.60. The largest absolute Gasteiger partial charge is 0.394 e. The Morgan fingerprint density at radius 1 is 0.893 bits per heavy atom. The Labute approximate surface area is 172 Å². The molecule has 0 aliphatic carbocycles. The number of ether oxygens (including phenoxy) is 4. The zero-order chi connectivity index (χ0) is 19.7. The summed E-state index contributed by atoms with van der Waals surface area (Å²) in [6.45, 7) is -0.287. The van der Waals surface area contributed by atoms with E-state index in [1.807, 2.05) is 12.1 Å². The highest BCUT2D eigenvalue weighted by atomic mass is 35.5. The van der Waals surface area contributed by atoms with Crippen molar-refractivity contribution in [2.75, 3.05) is 13.2 Å². The van der Waals surface area contributed by atoms with Crippen LogP contribution in [0.1, 0.15) is 23.7 Å². The second-order valence-corrected chi connectivity index (χ2v) is 7.60. The lowest BCUT2D eigenvalue weighted by Gasteiger charge is -2.45. The molecule has 2 heterocycles. The van der Waals surface area contributed by atoms with Crippen molar-refractivity contribution in [3.63, 3.8) is 0 Å². The number of hydrogen-bond acceptors (Lipinski definition) is 6. The third kappa shape index (κ3) is 4.20. The molecule has 4 rings (SSSR count). The number of benzene rings is 2. The van der Waals surface area contributed by atoms with Crippen molar-refractivity contribution in [2.45, 2.75) is 37.0 Å². The summed E-state index contributed by atoms with van der Waals surface area (Å²) in [5.41, 5.74) is 1.41. The van der Waals surface area contributed by atoms with Gasteiger partial charge in [0.15, 0.2) is 12.6 Å². The van der Waals surface area contributed by atoms with Crippen LogP contribution in [0, 0.1) is 0 Å². The highest BCUT2D eigenvalue weighted by molar-refractivity contribution is 6.30. The molecule has 0 amide bonds. The lowest BCUT2D eigenvalue weighted by atomic mass is 10.00. The zero-order valence-electron chi connectivity index (χ0n) is 14.8. The molecule has 2 N–H and O–H groups in total. The third-order valence-corrected chi connectivity index (χ3v) is 5.27. The van der Waals surface area contributed by atoms with E-state index in [2.05, 4.69) is 0 Å². The summed E-state index contributed by atoms with van der Waals surface area (Å²) in [6, 6.07) is 14.2. The molecule has 0 radical (unpaired) electrons. The molecule has 2 aliphatic heterocycles. The fraction of sp³-hybridized carbons (Fsp3) is 0.400. The Morgan fingerprint density at radius 3 is 2.14 bits per heavy atom. The SMILES string of the molecule is OC[C@@H]1OC(c2cccc(Cl)c2)OC[C@H]2OC(c3cccc(Cl)c3)O[C@H]1[C@@H]2O. The minimum Gasteiger partial charge on any atom is -0.394 e. The molecule has 6 atom stereocenters. The molecule has 2 saturated heterocycles. The number of halogens is 2.